The monoisotopic (exact) mass is 293 g/mol. The summed E-state index contributed by atoms with van der Waals surface area (Å²) in [6, 6.07) is 6.19. The average Bonchev–Trinajstić information content (AvgIpc) is 2.37. The molecule has 6 heteroatoms. The van der Waals surface area contributed by atoms with E-state index in [0.717, 1.165) is 19.3 Å². The van der Waals surface area contributed by atoms with E-state index in [9.17, 15) is 8.42 Å². The Bertz CT molecular complexity index is 639. The van der Waals surface area contributed by atoms with E-state index in [1.165, 1.54) is 22.5 Å². The van der Waals surface area contributed by atoms with Crippen LogP contribution in [0.25, 0.3) is 0 Å². The van der Waals surface area contributed by atoms with Crippen LogP contribution in [0.4, 0.5) is 5.69 Å². The molecule has 1 fully saturated rings. The molecule has 1 aromatic carbocycles. The summed E-state index contributed by atoms with van der Waals surface area (Å²) >= 11 is 0. The third-order valence-electron chi connectivity index (χ3n) is 3.79. The first-order valence-electron chi connectivity index (χ1n) is 6.71. The summed E-state index contributed by atoms with van der Waals surface area (Å²) in [5.74, 6) is 0. The number of nitriles is 1. The molecule has 0 radical (unpaired) electrons. The Morgan fingerprint density at radius 3 is 2.45 bits per heavy atom. The van der Waals surface area contributed by atoms with Crippen LogP contribution in [0.1, 0.15) is 38.7 Å². The number of benzene rings is 1. The second-order valence-electron chi connectivity index (χ2n) is 5.33. The lowest BCUT2D eigenvalue weighted by Crippen LogP contribution is -2.47. The predicted octanol–water partition coefficient (Wildman–Crippen LogP) is 2.09. The van der Waals surface area contributed by atoms with E-state index in [1.54, 1.807) is 0 Å². The number of rotatable bonds is 2. The highest BCUT2D eigenvalue weighted by molar-refractivity contribution is 7.89. The second-order valence-corrected chi connectivity index (χ2v) is 7.14. The van der Waals surface area contributed by atoms with Gasteiger partial charge in [-0.1, -0.05) is 6.42 Å². The van der Waals surface area contributed by atoms with Gasteiger partial charge in [-0.3, -0.25) is 0 Å². The highest BCUT2D eigenvalue weighted by atomic mass is 32.2. The number of nitrogens with two attached hydrogens (primary N) is 1. The largest absolute Gasteiger partial charge is 0.399 e. The van der Waals surface area contributed by atoms with Gasteiger partial charge in [-0.05, 0) is 44.9 Å². The number of nitrogen functional groups attached to an aromatic ring is 1. The molecule has 0 amide bonds. The molecule has 2 rings (SSSR count). The molecule has 5 nitrogen and oxygen atoms in total. The van der Waals surface area contributed by atoms with Crippen molar-refractivity contribution in [1.29, 1.82) is 5.26 Å². The molecule has 2 N–H and O–H groups in total. The van der Waals surface area contributed by atoms with E-state index in [-0.39, 0.29) is 22.5 Å². The summed E-state index contributed by atoms with van der Waals surface area (Å²) in [6.45, 7) is 3.83. The number of sulfonamides is 1. The highest BCUT2D eigenvalue weighted by Crippen LogP contribution is 2.31. The molecule has 0 bridgehead atoms. The lowest BCUT2D eigenvalue weighted by atomic mass is 10.0. The van der Waals surface area contributed by atoms with Gasteiger partial charge in [0, 0.05) is 17.8 Å². The summed E-state index contributed by atoms with van der Waals surface area (Å²) in [4.78, 5) is 0.0507. The Morgan fingerprint density at radius 1 is 1.30 bits per heavy atom. The Labute approximate surface area is 120 Å². The number of piperidine rings is 1. The van der Waals surface area contributed by atoms with Gasteiger partial charge in [0.25, 0.3) is 0 Å². The first-order valence-corrected chi connectivity index (χ1v) is 8.15. The average molecular weight is 293 g/mol. The molecule has 0 unspecified atom stereocenters. The van der Waals surface area contributed by atoms with Crippen LogP contribution in [-0.2, 0) is 10.0 Å². The molecule has 1 aromatic rings. The van der Waals surface area contributed by atoms with Crippen LogP contribution in [-0.4, -0.2) is 24.8 Å². The van der Waals surface area contributed by atoms with Crippen LogP contribution in [0, 0.1) is 11.3 Å². The predicted molar refractivity (Wildman–Crippen MR) is 77.4 cm³/mol. The second kappa shape index (κ2) is 5.43. The minimum absolute atomic E-state index is 0.0483. The Kier molecular flexibility index (Phi) is 4.02. The molecule has 1 aliphatic heterocycles. The van der Waals surface area contributed by atoms with E-state index < -0.39 is 10.0 Å². The van der Waals surface area contributed by atoms with Gasteiger partial charge in [0.15, 0.2) is 0 Å². The van der Waals surface area contributed by atoms with Gasteiger partial charge in [0.1, 0.15) is 11.0 Å². The molecular weight excluding hydrogens is 274 g/mol. The molecule has 108 valence electrons. The molecule has 2 atom stereocenters. The van der Waals surface area contributed by atoms with Gasteiger partial charge >= 0.3 is 0 Å². The normalized spacial score (nSPS) is 24.2. The maximum absolute atomic E-state index is 12.8. The molecule has 1 saturated heterocycles. The van der Waals surface area contributed by atoms with Crippen molar-refractivity contribution in [3.8, 4) is 6.07 Å². The minimum atomic E-state index is -3.66. The summed E-state index contributed by atoms with van der Waals surface area (Å²) in [7, 11) is -3.66. The lowest BCUT2D eigenvalue weighted by Gasteiger charge is -2.37. The van der Waals surface area contributed by atoms with Crippen LogP contribution < -0.4 is 5.73 Å². The van der Waals surface area contributed by atoms with Crippen molar-refractivity contribution in [2.45, 2.75) is 50.1 Å². The molecule has 0 aliphatic carbocycles. The van der Waals surface area contributed by atoms with E-state index in [1.807, 2.05) is 19.9 Å². The molecule has 20 heavy (non-hydrogen) atoms. The van der Waals surface area contributed by atoms with E-state index in [0.29, 0.717) is 5.69 Å². The fourth-order valence-electron chi connectivity index (χ4n) is 2.84. The molecule has 0 spiro atoms. The zero-order chi connectivity index (χ0) is 14.9. The van der Waals surface area contributed by atoms with Gasteiger partial charge in [0.2, 0.25) is 10.0 Å². The summed E-state index contributed by atoms with van der Waals surface area (Å²) < 4.78 is 27.2. The van der Waals surface area contributed by atoms with Gasteiger partial charge in [0.05, 0.1) is 5.56 Å². The van der Waals surface area contributed by atoms with E-state index in [2.05, 4.69) is 0 Å². The molecule has 0 saturated carbocycles. The van der Waals surface area contributed by atoms with Crippen molar-refractivity contribution in [2.75, 3.05) is 5.73 Å². The SMILES string of the molecule is C[C@@H]1CCC[C@H](C)N1S(=O)(=O)c1ccc(N)cc1C#N. The summed E-state index contributed by atoms with van der Waals surface area (Å²) in [5, 5.41) is 9.15. The fraction of sp³-hybridized carbons (Fsp3) is 0.500. The number of hydrogen-bond donors (Lipinski definition) is 1. The van der Waals surface area contributed by atoms with Crippen LogP contribution in [0.3, 0.4) is 0 Å². The van der Waals surface area contributed by atoms with Gasteiger partial charge in [-0.25, -0.2) is 8.42 Å². The van der Waals surface area contributed by atoms with Gasteiger partial charge in [-0.2, -0.15) is 9.57 Å². The van der Waals surface area contributed by atoms with Crippen molar-refractivity contribution >= 4 is 15.7 Å². The Balaban J connectivity index is 2.53. The molecule has 1 aliphatic rings. The van der Waals surface area contributed by atoms with Gasteiger partial charge < -0.3 is 5.73 Å². The van der Waals surface area contributed by atoms with Crippen molar-refractivity contribution < 1.29 is 8.42 Å². The number of hydrogen-bond acceptors (Lipinski definition) is 4. The van der Waals surface area contributed by atoms with Crippen molar-refractivity contribution in [1.82, 2.24) is 4.31 Å². The van der Waals surface area contributed by atoms with Crippen molar-refractivity contribution in [3.05, 3.63) is 23.8 Å². The highest BCUT2D eigenvalue weighted by Gasteiger charge is 2.36. The first kappa shape index (κ1) is 14.8. The third kappa shape index (κ3) is 2.51. The first-order chi connectivity index (χ1) is 9.37. The number of nitrogens with zero attached hydrogens (tertiary/aromatic N) is 2. The topological polar surface area (TPSA) is 87.2 Å². The minimum Gasteiger partial charge on any atom is -0.399 e. The lowest BCUT2D eigenvalue weighted by molar-refractivity contribution is 0.204. The maximum atomic E-state index is 12.8. The van der Waals surface area contributed by atoms with Crippen molar-refractivity contribution in [3.63, 3.8) is 0 Å². The van der Waals surface area contributed by atoms with Crippen LogP contribution in [0.5, 0.6) is 0 Å². The fourth-order valence-corrected chi connectivity index (χ4v) is 4.85. The summed E-state index contributed by atoms with van der Waals surface area (Å²) in [6.07, 6.45) is 2.72. The standard InChI is InChI=1S/C14H19N3O2S/c1-10-4-3-5-11(2)17(10)20(18,19)14-7-6-13(16)8-12(14)9-15/h6-8,10-11H,3-5,16H2,1-2H3/t10-,11+. The molecular formula is C14H19N3O2S. The van der Waals surface area contributed by atoms with E-state index >= 15 is 0 Å². The van der Waals surface area contributed by atoms with Crippen LogP contribution in [0.2, 0.25) is 0 Å². The quantitative estimate of drug-likeness (QED) is 0.846. The number of anilines is 1. The maximum Gasteiger partial charge on any atom is 0.244 e. The summed E-state index contributed by atoms with van der Waals surface area (Å²) in [5.41, 5.74) is 6.12. The molecule has 1 heterocycles. The zero-order valence-corrected chi connectivity index (χ0v) is 12.5. The van der Waals surface area contributed by atoms with E-state index in [4.69, 9.17) is 11.0 Å². The third-order valence-corrected chi connectivity index (χ3v) is 5.98. The van der Waals surface area contributed by atoms with Crippen LogP contribution in [0.15, 0.2) is 23.1 Å². The van der Waals surface area contributed by atoms with Crippen molar-refractivity contribution in [2.24, 2.45) is 0 Å². The Morgan fingerprint density at radius 2 is 1.90 bits per heavy atom. The van der Waals surface area contributed by atoms with Gasteiger partial charge in [-0.15, -0.1) is 0 Å². The zero-order valence-electron chi connectivity index (χ0n) is 11.7. The smallest absolute Gasteiger partial charge is 0.244 e. The Hall–Kier alpha value is -1.58. The molecule has 0 aromatic heterocycles. The van der Waals surface area contributed by atoms with Crippen LogP contribution >= 0.6 is 0 Å².